The molecule has 100 valence electrons. The van der Waals surface area contributed by atoms with Crippen LogP contribution in [-0.4, -0.2) is 23.1 Å². The van der Waals surface area contributed by atoms with Gasteiger partial charge in [0, 0.05) is 24.7 Å². The molecular weight excluding hydrogens is 236 g/mol. The van der Waals surface area contributed by atoms with E-state index < -0.39 is 0 Å². The fourth-order valence-corrected chi connectivity index (χ4v) is 1.72. The van der Waals surface area contributed by atoms with E-state index in [1.54, 1.807) is 0 Å². The zero-order valence-electron chi connectivity index (χ0n) is 11.6. The minimum Gasteiger partial charge on any atom is -0.373 e. The summed E-state index contributed by atoms with van der Waals surface area (Å²) in [6.45, 7) is 4.26. The fraction of sp³-hybridized carbons (Fsp3) is 0.333. The summed E-state index contributed by atoms with van der Waals surface area (Å²) >= 11 is 0. The van der Waals surface area contributed by atoms with Crippen LogP contribution in [0.5, 0.6) is 0 Å². The molecule has 4 nitrogen and oxygen atoms in total. The van der Waals surface area contributed by atoms with Crippen molar-refractivity contribution in [2.75, 3.05) is 17.7 Å². The van der Waals surface area contributed by atoms with E-state index in [-0.39, 0.29) is 0 Å². The molecule has 0 saturated heterocycles. The number of benzene rings is 1. The highest BCUT2D eigenvalue weighted by molar-refractivity contribution is 5.64. The number of anilines is 2. The molecule has 0 amide bonds. The highest BCUT2D eigenvalue weighted by atomic mass is 15.1. The molecule has 1 aromatic carbocycles. The first kappa shape index (κ1) is 13.3. The molecule has 4 heteroatoms. The van der Waals surface area contributed by atoms with Gasteiger partial charge in [-0.1, -0.05) is 37.3 Å². The first-order valence-electron chi connectivity index (χ1n) is 6.61. The van der Waals surface area contributed by atoms with Gasteiger partial charge in [0.2, 0.25) is 5.95 Å². The van der Waals surface area contributed by atoms with Gasteiger partial charge in [-0.2, -0.15) is 4.98 Å². The van der Waals surface area contributed by atoms with Crippen LogP contribution in [0.4, 0.5) is 11.8 Å². The zero-order valence-corrected chi connectivity index (χ0v) is 11.6. The lowest BCUT2D eigenvalue weighted by molar-refractivity contribution is 0.753. The van der Waals surface area contributed by atoms with Crippen molar-refractivity contribution in [3.63, 3.8) is 0 Å². The lowest BCUT2D eigenvalue weighted by Gasteiger charge is -2.13. The number of aromatic nitrogens is 2. The van der Waals surface area contributed by atoms with Crippen LogP contribution >= 0.6 is 0 Å². The summed E-state index contributed by atoms with van der Waals surface area (Å²) in [5.41, 5.74) is 2.01. The summed E-state index contributed by atoms with van der Waals surface area (Å²) < 4.78 is 0. The van der Waals surface area contributed by atoms with E-state index in [0.29, 0.717) is 12.0 Å². The summed E-state index contributed by atoms with van der Waals surface area (Å²) in [6, 6.07) is 12.4. The van der Waals surface area contributed by atoms with Gasteiger partial charge in [0.05, 0.1) is 5.69 Å². The van der Waals surface area contributed by atoms with Gasteiger partial charge in [0.15, 0.2) is 0 Å². The third-order valence-electron chi connectivity index (χ3n) is 3.04. The average Bonchev–Trinajstić information content (AvgIpc) is 2.47. The molecule has 1 atom stereocenters. The number of nitrogens with zero attached hydrogens (tertiary/aromatic N) is 2. The standard InChI is InChI=1S/C15H20N4/c1-4-11(2)17-15-18-13(10-14(16-3)19-15)12-8-6-5-7-9-12/h5-11H,4H2,1-3H3,(H2,16,17,18,19)/t11-/m1/s1. The van der Waals surface area contributed by atoms with E-state index >= 15 is 0 Å². The van der Waals surface area contributed by atoms with Crippen LogP contribution in [-0.2, 0) is 0 Å². The van der Waals surface area contributed by atoms with Crippen molar-refractivity contribution in [2.45, 2.75) is 26.3 Å². The van der Waals surface area contributed by atoms with Gasteiger partial charge < -0.3 is 10.6 Å². The molecular formula is C15H20N4. The first-order valence-corrected chi connectivity index (χ1v) is 6.61. The van der Waals surface area contributed by atoms with Crippen LogP contribution in [0.25, 0.3) is 11.3 Å². The highest BCUT2D eigenvalue weighted by Gasteiger charge is 2.07. The normalized spacial score (nSPS) is 11.9. The molecule has 0 spiro atoms. The SMILES string of the molecule is CC[C@@H](C)Nc1nc(NC)cc(-c2ccccc2)n1. The second kappa shape index (κ2) is 6.18. The second-order valence-electron chi connectivity index (χ2n) is 4.53. The smallest absolute Gasteiger partial charge is 0.225 e. The zero-order chi connectivity index (χ0) is 13.7. The maximum absolute atomic E-state index is 4.58. The van der Waals surface area contributed by atoms with Crippen LogP contribution in [0.15, 0.2) is 36.4 Å². The topological polar surface area (TPSA) is 49.8 Å². The molecule has 0 aliphatic heterocycles. The second-order valence-corrected chi connectivity index (χ2v) is 4.53. The average molecular weight is 256 g/mol. The van der Waals surface area contributed by atoms with Gasteiger partial charge in [-0.05, 0) is 13.3 Å². The van der Waals surface area contributed by atoms with E-state index in [1.165, 1.54) is 0 Å². The molecule has 1 heterocycles. The third-order valence-corrected chi connectivity index (χ3v) is 3.04. The summed E-state index contributed by atoms with van der Waals surface area (Å²) in [6.07, 6.45) is 1.04. The van der Waals surface area contributed by atoms with Crippen molar-refractivity contribution in [1.29, 1.82) is 0 Å². The van der Waals surface area contributed by atoms with Gasteiger partial charge in [0.1, 0.15) is 5.82 Å². The van der Waals surface area contributed by atoms with Crippen LogP contribution in [0.3, 0.4) is 0 Å². The molecule has 0 fully saturated rings. The van der Waals surface area contributed by atoms with Crippen molar-refractivity contribution < 1.29 is 0 Å². The third kappa shape index (κ3) is 3.44. The van der Waals surface area contributed by atoms with E-state index in [0.717, 1.165) is 23.5 Å². The van der Waals surface area contributed by atoms with E-state index in [1.807, 2.05) is 31.3 Å². The molecule has 2 aromatic rings. The molecule has 0 unspecified atom stereocenters. The van der Waals surface area contributed by atoms with E-state index in [9.17, 15) is 0 Å². The lowest BCUT2D eigenvalue weighted by Crippen LogP contribution is -2.16. The molecule has 0 bridgehead atoms. The summed E-state index contributed by atoms with van der Waals surface area (Å²) in [4.78, 5) is 9.01. The Labute approximate surface area is 114 Å². The summed E-state index contributed by atoms with van der Waals surface area (Å²) in [7, 11) is 1.87. The maximum Gasteiger partial charge on any atom is 0.225 e. The molecule has 0 aliphatic rings. The lowest BCUT2D eigenvalue weighted by atomic mass is 10.1. The highest BCUT2D eigenvalue weighted by Crippen LogP contribution is 2.21. The van der Waals surface area contributed by atoms with Crippen molar-refractivity contribution in [1.82, 2.24) is 9.97 Å². The van der Waals surface area contributed by atoms with Crippen molar-refractivity contribution in [3.05, 3.63) is 36.4 Å². The number of rotatable bonds is 5. The molecule has 0 saturated carbocycles. The van der Waals surface area contributed by atoms with Crippen molar-refractivity contribution in [3.8, 4) is 11.3 Å². The van der Waals surface area contributed by atoms with Gasteiger partial charge in [-0.3, -0.25) is 0 Å². The summed E-state index contributed by atoms with van der Waals surface area (Å²) in [5, 5.41) is 6.39. The monoisotopic (exact) mass is 256 g/mol. The Hall–Kier alpha value is -2.10. The molecule has 19 heavy (non-hydrogen) atoms. The Morgan fingerprint density at radius 3 is 2.53 bits per heavy atom. The predicted octanol–water partition coefficient (Wildman–Crippen LogP) is 3.40. The van der Waals surface area contributed by atoms with Crippen molar-refractivity contribution in [2.24, 2.45) is 0 Å². The number of hydrogen-bond acceptors (Lipinski definition) is 4. The summed E-state index contributed by atoms with van der Waals surface area (Å²) in [5.74, 6) is 1.49. The van der Waals surface area contributed by atoms with Crippen LogP contribution in [0.2, 0.25) is 0 Å². The Bertz CT molecular complexity index is 525. The Morgan fingerprint density at radius 2 is 1.89 bits per heavy atom. The Balaban J connectivity index is 2.36. The Kier molecular flexibility index (Phi) is 4.34. The van der Waals surface area contributed by atoms with Crippen LogP contribution in [0.1, 0.15) is 20.3 Å². The van der Waals surface area contributed by atoms with Crippen LogP contribution in [0, 0.1) is 0 Å². The number of nitrogens with one attached hydrogen (secondary N) is 2. The minimum absolute atomic E-state index is 0.357. The van der Waals surface area contributed by atoms with E-state index in [2.05, 4.69) is 46.6 Å². The maximum atomic E-state index is 4.58. The first-order chi connectivity index (χ1) is 9.22. The molecule has 2 rings (SSSR count). The van der Waals surface area contributed by atoms with Gasteiger partial charge >= 0.3 is 0 Å². The molecule has 0 aliphatic carbocycles. The molecule has 0 radical (unpaired) electrons. The predicted molar refractivity (Wildman–Crippen MR) is 80.4 cm³/mol. The minimum atomic E-state index is 0.357. The van der Waals surface area contributed by atoms with Gasteiger partial charge in [-0.15, -0.1) is 0 Å². The van der Waals surface area contributed by atoms with Crippen LogP contribution < -0.4 is 10.6 Å². The van der Waals surface area contributed by atoms with Crippen molar-refractivity contribution >= 4 is 11.8 Å². The molecule has 1 aromatic heterocycles. The largest absolute Gasteiger partial charge is 0.373 e. The number of hydrogen-bond donors (Lipinski definition) is 2. The quantitative estimate of drug-likeness (QED) is 0.861. The fourth-order valence-electron chi connectivity index (χ4n) is 1.72. The Morgan fingerprint density at radius 1 is 1.16 bits per heavy atom. The molecule has 2 N–H and O–H groups in total. The van der Waals surface area contributed by atoms with E-state index in [4.69, 9.17) is 0 Å². The van der Waals surface area contributed by atoms with Gasteiger partial charge in [0.25, 0.3) is 0 Å². The van der Waals surface area contributed by atoms with Gasteiger partial charge in [-0.25, -0.2) is 4.98 Å².